The monoisotopic (exact) mass is 298 g/mol. The van der Waals surface area contributed by atoms with E-state index in [9.17, 15) is 4.79 Å². The van der Waals surface area contributed by atoms with E-state index >= 15 is 0 Å². The van der Waals surface area contributed by atoms with Crippen molar-refractivity contribution in [2.75, 3.05) is 11.9 Å². The van der Waals surface area contributed by atoms with Crippen molar-refractivity contribution in [3.8, 4) is 0 Å². The molecule has 4 heteroatoms. The van der Waals surface area contributed by atoms with Crippen LogP contribution in [0.4, 0.5) is 5.69 Å². The summed E-state index contributed by atoms with van der Waals surface area (Å²) in [6.07, 6.45) is 0. The lowest BCUT2D eigenvalue weighted by atomic mass is 10.1. The van der Waals surface area contributed by atoms with Gasteiger partial charge in [-0.25, -0.2) is 0 Å². The summed E-state index contributed by atoms with van der Waals surface area (Å²) in [6.45, 7) is 4.23. The number of amides is 1. The summed E-state index contributed by atoms with van der Waals surface area (Å²) < 4.78 is 0. The number of carbonyl (C=O) groups is 1. The first-order chi connectivity index (χ1) is 9.97. The summed E-state index contributed by atoms with van der Waals surface area (Å²) in [5, 5.41) is 0. The van der Waals surface area contributed by atoms with Crippen LogP contribution in [-0.4, -0.2) is 13.0 Å². The van der Waals surface area contributed by atoms with Gasteiger partial charge in [0.25, 0.3) is 0 Å². The number of hydrogen-bond acceptors (Lipinski definition) is 3. The maximum absolute atomic E-state index is 11.9. The first-order valence-electron chi connectivity index (χ1n) is 6.89. The molecule has 2 N–H and O–H groups in total. The average Bonchev–Trinajstić information content (AvgIpc) is 2.68. The number of carbonyl (C=O) groups excluding carboxylic acids is 1. The largest absolute Gasteiger partial charge is 0.316 e. The highest BCUT2D eigenvalue weighted by Gasteiger charge is 2.32. The fraction of sp³-hybridized carbons (Fsp3) is 0.235. The second-order valence-electron chi connectivity index (χ2n) is 5.44. The summed E-state index contributed by atoms with van der Waals surface area (Å²) in [7, 11) is 1.78. The summed E-state index contributed by atoms with van der Waals surface area (Å²) in [5.74, 6) is -0.0432. The molecule has 1 unspecified atom stereocenters. The van der Waals surface area contributed by atoms with Crippen molar-refractivity contribution in [2.45, 2.75) is 29.7 Å². The molecule has 0 aromatic heterocycles. The highest BCUT2D eigenvalue weighted by atomic mass is 32.2. The molecule has 0 fully saturated rings. The van der Waals surface area contributed by atoms with Gasteiger partial charge < -0.3 is 10.6 Å². The minimum Gasteiger partial charge on any atom is -0.316 e. The van der Waals surface area contributed by atoms with Crippen LogP contribution in [0.5, 0.6) is 0 Å². The van der Waals surface area contributed by atoms with Gasteiger partial charge in [0.05, 0.1) is 0 Å². The highest BCUT2D eigenvalue weighted by Crippen LogP contribution is 2.38. The third-order valence-corrected chi connectivity index (χ3v) is 4.99. The van der Waals surface area contributed by atoms with Gasteiger partial charge in [0.15, 0.2) is 0 Å². The van der Waals surface area contributed by atoms with Crippen LogP contribution >= 0.6 is 11.8 Å². The summed E-state index contributed by atoms with van der Waals surface area (Å²) in [5.41, 5.74) is 10.3. The molecule has 0 saturated carbocycles. The molecule has 0 bridgehead atoms. The molecule has 21 heavy (non-hydrogen) atoms. The molecule has 2 aromatic rings. The lowest BCUT2D eigenvalue weighted by Crippen LogP contribution is -2.27. The molecule has 0 spiro atoms. The molecule has 0 radical (unpaired) electrons. The second-order valence-corrected chi connectivity index (χ2v) is 6.59. The molecule has 3 rings (SSSR count). The number of nitrogens with two attached hydrogens (primary N) is 1. The maximum atomic E-state index is 11.9. The van der Waals surface area contributed by atoms with E-state index in [4.69, 9.17) is 5.73 Å². The van der Waals surface area contributed by atoms with Crippen LogP contribution < -0.4 is 10.6 Å². The van der Waals surface area contributed by atoms with Crippen molar-refractivity contribution in [2.24, 2.45) is 5.73 Å². The minimum atomic E-state index is -0.523. The SMILES string of the molecule is Cc1ccc(Sc2ccc3c(c2)N(C)C(=O)C3N)cc1C. The number of aryl methyl sites for hydroxylation is 2. The predicted octanol–water partition coefficient (Wildman–Crippen LogP) is 3.43. The van der Waals surface area contributed by atoms with Crippen molar-refractivity contribution in [3.05, 3.63) is 53.1 Å². The fourth-order valence-electron chi connectivity index (χ4n) is 2.51. The molecule has 1 amide bonds. The van der Waals surface area contributed by atoms with E-state index in [1.807, 2.05) is 18.2 Å². The number of fused-ring (bicyclic) bond motifs is 1. The topological polar surface area (TPSA) is 46.3 Å². The van der Waals surface area contributed by atoms with Crippen LogP contribution in [0.2, 0.25) is 0 Å². The van der Waals surface area contributed by atoms with Gasteiger partial charge in [0.2, 0.25) is 5.91 Å². The molecular weight excluding hydrogens is 280 g/mol. The Morgan fingerprint density at radius 2 is 1.71 bits per heavy atom. The van der Waals surface area contributed by atoms with Gasteiger partial charge in [0.1, 0.15) is 6.04 Å². The van der Waals surface area contributed by atoms with E-state index in [1.165, 1.54) is 16.0 Å². The molecule has 0 aliphatic carbocycles. The zero-order valence-corrected chi connectivity index (χ0v) is 13.2. The van der Waals surface area contributed by atoms with Gasteiger partial charge in [-0.1, -0.05) is 23.9 Å². The van der Waals surface area contributed by atoms with Crippen LogP contribution in [0.25, 0.3) is 0 Å². The minimum absolute atomic E-state index is 0.0432. The Kier molecular flexibility index (Phi) is 3.51. The van der Waals surface area contributed by atoms with Crippen LogP contribution in [-0.2, 0) is 4.79 Å². The number of benzene rings is 2. The van der Waals surface area contributed by atoms with E-state index in [-0.39, 0.29) is 5.91 Å². The van der Waals surface area contributed by atoms with Crippen molar-refractivity contribution < 1.29 is 4.79 Å². The van der Waals surface area contributed by atoms with Crippen LogP contribution in [0.3, 0.4) is 0 Å². The molecule has 1 aliphatic rings. The van der Waals surface area contributed by atoms with E-state index in [0.29, 0.717) is 0 Å². The molecule has 1 aliphatic heterocycles. The Labute approximate surface area is 129 Å². The van der Waals surface area contributed by atoms with Crippen molar-refractivity contribution >= 4 is 23.4 Å². The van der Waals surface area contributed by atoms with Crippen LogP contribution in [0.15, 0.2) is 46.2 Å². The lowest BCUT2D eigenvalue weighted by Gasteiger charge is -2.11. The molecule has 108 valence electrons. The van der Waals surface area contributed by atoms with Gasteiger partial charge in [-0.15, -0.1) is 0 Å². The molecule has 2 aromatic carbocycles. The third-order valence-electron chi connectivity index (χ3n) is 4.01. The van der Waals surface area contributed by atoms with E-state index in [2.05, 4.69) is 32.0 Å². The summed E-state index contributed by atoms with van der Waals surface area (Å²) >= 11 is 1.70. The Bertz CT molecular complexity index is 727. The molecule has 0 saturated heterocycles. The second kappa shape index (κ2) is 5.20. The zero-order chi connectivity index (χ0) is 15.1. The van der Waals surface area contributed by atoms with Gasteiger partial charge in [-0.2, -0.15) is 0 Å². The van der Waals surface area contributed by atoms with Crippen LogP contribution in [0, 0.1) is 13.8 Å². The number of rotatable bonds is 2. The molecule has 3 nitrogen and oxygen atoms in total. The van der Waals surface area contributed by atoms with Gasteiger partial charge >= 0.3 is 0 Å². The standard InChI is InChI=1S/C17H18N2OS/c1-10-4-5-12(8-11(10)2)21-13-6-7-14-15(9-13)19(3)17(20)16(14)18/h4-9,16H,18H2,1-3H3. The lowest BCUT2D eigenvalue weighted by molar-refractivity contribution is -0.118. The summed E-state index contributed by atoms with van der Waals surface area (Å²) in [6, 6.07) is 12.0. The first kappa shape index (κ1) is 14.2. The smallest absolute Gasteiger partial charge is 0.248 e. The maximum Gasteiger partial charge on any atom is 0.248 e. The van der Waals surface area contributed by atoms with E-state index < -0.39 is 6.04 Å². The van der Waals surface area contributed by atoms with Gasteiger partial charge in [-0.05, 0) is 49.2 Å². The molecule has 1 atom stereocenters. The fourth-order valence-corrected chi connectivity index (χ4v) is 3.46. The molecule has 1 heterocycles. The van der Waals surface area contributed by atoms with Crippen molar-refractivity contribution in [1.82, 2.24) is 0 Å². The average molecular weight is 298 g/mol. The quantitative estimate of drug-likeness (QED) is 0.924. The summed E-state index contributed by atoms with van der Waals surface area (Å²) in [4.78, 5) is 15.9. The number of nitrogens with zero attached hydrogens (tertiary/aromatic N) is 1. The molecular formula is C17H18N2OS. The Morgan fingerprint density at radius 3 is 2.43 bits per heavy atom. The number of hydrogen-bond donors (Lipinski definition) is 1. The number of likely N-dealkylation sites (N-methyl/N-ethyl adjacent to an activating group) is 1. The Morgan fingerprint density at radius 1 is 1.05 bits per heavy atom. The zero-order valence-electron chi connectivity index (χ0n) is 12.4. The predicted molar refractivity (Wildman–Crippen MR) is 86.8 cm³/mol. The first-order valence-corrected chi connectivity index (χ1v) is 7.71. The van der Waals surface area contributed by atoms with Crippen molar-refractivity contribution in [3.63, 3.8) is 0 Å². The van der Waals surface area contributed by atoms with Crippen molar-refractivity contribution in [1.29, 1.82) is 0 Å². The normalized spacial score (nSPS) is 17.2. The van der Waals surface area contributed by atoms with Gasteiger partial charge in [0, 0.05) is 28.1 Å². The number of anilines is 1. The highest BCUT2D eigenvalue weighted by molar-refractivity contribution is 7.99. The van der Waals surface area contributed by atoms with Gasteiger partial charge in [-0.3, -0.25) is 4.79 Å². The Balaban J connectivity index is 1.91. The Hall–Kier alpha value is -1.78. The van der Waals surface area contributed by atoms with E-state index in [0.717, 1.165) is 16.1 Å². The van der Waals surface area contributed by atoms with Crippen LogP contribution in [0.1, 0.15) is 22.7 Å². The van der Waals surface area contributed by atoms with E-state index in [1.54, 1.807) is 23.7 Å². The third kappa shape index (κ3) is 2.45.